The first-order valence-electron chi connectivity index (χ1n) is 8.02. The van der Waals surface area contributed by atoms with E-state index in [4.69, 9.17) is 4.52 Å². The summed E-state index contributed by atoms with van der Waals surface area (Å²) in [5, 5.41) is 16.5. The molecule has 1 unspecified atom stereocenters. The summed E-state index contributed by atoms with van der Waals surface area (Å²) in [6.45, 7) is 5.99. The highest BCUT2D eigenvalue weighted by atomic mass is 32.2. The second-order valence-electron chi connectivity index (χ2n) is 5.58. The van der Waals surface area contributed by atoms with Gasteiger partial charge >= 0.3 is 0 Å². The van der Waals surface area contributed by atoms with E-state index in [0.717, 1.165) is 12.1 Å². The average Bonchev–Trinajstić information content (AvgIpc) is 3.22. The van der Waals surface area contributed by atoms with Crippen LogP contribution in [0.1, 0.15) is 49.2 Å². The van der Waals surface area contributed by atoms with Crippen molar-refractivity contribution >= 4 is 11.8 Å². The lowest BCUT2D eigenvalue weighted by molar-refractivity contribution is 0.376. The smallest absolute Gasteiger partial charge is 0.239 e. The summed E-state index contributed by atoms with van der Waals surface area (Å²) in [4.78, 5) is 4.26. The van der Waals surface area contributed by atoms with Crippen molar-refractivity contribution in [3.63, 3.8) is 0 Å². The zero-order valence-corrected chi connectivity index (χ0v) is 14.8. The molecule has 126 valence electrons. The summed E-state index contributed by atoms with van der Waals surface area (Å²) < 4.78 is 6.94. The van der Waals surface area contributed by atoms with Crippen LogP contribution in [-0.4, -0.2) is 30.3 Å². The number of aryl methyl sites for hydroxylation is 2. The quantitative estimate of drug-likeness (QED) is 0.606. The molecular weight excluding hydrogens is 324 g/mol. The van der Waals surface area contributed by atoms with Gasteiger partial charge in [0.15, 0.2) is 5.82 Å². The van der Waals surface area contributed by atoms with Gasteiger partial charge in [-0.3, -0.25) is 0 Å². The van der Waals surface area contributed by atoms with Crippen molar-refractivity contribution in [1.29, 1.82) is 0 Å². The number of tetrazole rings is 1. The molecule has 0 radical (unpaired) electrons. The number of rotatable bonds is 7. The molecule has 0 bridgehead atoms. The standard InChI is InChI=1S/C16H20N6OS/c1-4-5-6-13-7-9-14(10-8-13)22-16(18-20-21-22)24-11(2)15-17-12(3)19-23-15/h7-11H,4-6H2,1-3H3. The zero-order valence-electron chi connectivity index (χ0n) is 14.0. The van der Waals surface area contributed by atoms with Crippen LogP contribution in [0.4, 0.5) is 0 Å². The number of hydrogen-bond acceptors (Lipinski definition) is 7. The molecule has 3 aromatic rings. The lowest BCUT2D eigenvalue weighted by atomic mass is 10.1. The van der Waals surface area contributed by atoms with Crippen molar-refractivity contribution in [2.24, 2.45) is 0 Å². The summed E-state index contributed by atoms with van der Waals surface area (Å²) >= 11 is 1.49. The van der Waals surface area contributed by atoms with Crippen LogP contribution in [0.15, 0.2) is 33.9 Å². The molecule has 3 rings (SSSR count). The fraction of sp³-hybridized carbons (Fsp3) is 0.438. The van der Waals surface area contributed by atoms with Crippen molar-refractivity contribution in [3.8, 4) is 5.69 Å². The molecule has 0 saturated carbocycles. The van der Waals surface area contributed by atoms with Crippen LogP contribution in [0.2, 0.25) is 0 Å². The van der Waals surface area contributed by atoms with Crippen LogP contribution < -0.4 is 0 Å². The minimum atomic E-state index is -0.0280. The SMILES string of the molecule is CCCCc1ccc(-n2nnnc2SC(C)c2nc(C)no2)cc1. The van der Waals surface area contributed by atoms with Gasteiger partial charge in [0.05, 0.1) is 10.9 Å². The predicted octanol–water partition coefficient (Wildman–Crippen LogP) is 3.55. The Hall–Kier alpha value is -2.22. The Labute approximate surface area is 144 Å². The molecule has 0 spiro atoms. The van der Waals surface area contributed by atoms with Gasteiger partial charge in [-0.05, 0) is 54.8 Å². The number of hydrogen-bond donors (Lipinski definition) is 0. The summed E-state index contributed by atoms with van der Waals surface area (Å²) in [7, 11) is 0. The van der Waals surface area contributed by atoms with E-state index in [1.165, 1.54) is 30.2 Å². The maximum absolute atomic E-state index is 5.21. The largest absolute Gasteiger partial charge is 0.338 e. The predicted molar refractivity (Wildman–Crippen MR) is 91.1 cm³/mol. The molecule has 0 aliphatic heterocycles. The molecule has 0 aliphatic carbocycles. The van der Waals surface area contributed by atoms with E-state index < -0.39 is 0 Å². The van der Waals surface area contributed by atoms with E-state index in [0.29, 0.717) is 16.9 Å². The molecule has 0 aliphatic rings. The van der Waals surface area contributed by atoms with Gasteiger partial charge in [-0.2, -0.15) is 9.67 Å². The van der Waals surface area contributed by atoms with Crippen LogP contribution in [0.5, 0.6) is 0 Å². The molecule has 1 atom stereocenters. The van der Waals surface area contributed by atoms with Crippen molar-refractivity contribution < 1.29 is 4.52 Å². The molecule has 0 N–H and O–H groups in total. The van der Waals surface area contributed by atoms with Gasteiger partial charge in [0.1, 0.15) is 0 Å². The first-order chi connectivity index (χ1) is 11.7. The molecular formula is C16H20N6OS. The molecule has 0 saturated heterocycles. The minimum absolute atomic E-state index is 0.0280. The Morgan fingerprint density at radius 2 is 2.04 bits per heavy atom. The van der Waals surface area contributed by atoms with Gasteiger partial charge in [-0.15, -0.1) is 5.10 Å². The summed E-state index contributed by atoms with van der Waals surface area (Å²) in [6, 6.07) is 8.36. The lowest BCUT2D eigenvalue weighted by Gasteiger charge is -2.08. The first kappa shape index (κ1) is 16.6. The third-order valence-corrected chi connectivity index (χ3v) is 4.63. The molecule has 2 aromatic heterocycles. The fourth-order valence-electron chi connectivity index (χ4n) is 2.29. The van der Waals surface area contributed by atoms with Gasteiger partial charge in [-0.25, -0.2) is 0 Å². The molecule has 8 heteroatoms. The third kappa shape index (κ3) is 3.81. The highest BCUT2D eigenvalue weighted by molar-refractivity contribution is 7.99. The number of aromatic nitrogens is 6. The molecule has 24 heavy (non-hydrogen) atoms. The fourth-order valence-corrected chi connectivity index (χ4v) is 3.12. The van der Waals surface area contributed by atoms with Crippen molar-refractivity contribution in [2.45, 2.75) is 50.4 Å². The monoisotopic (exact) mass is 344 g/mol. The topological polar surface area (TPSA) is 82.5 Å². The van der Waals surface area contributed by atoms with Gasteiger partial charge in [0.25, 0.3) is 0 Å². The van der Waals surface area contributed by atoms with Crippen LogP contribution in [0.3, 0.4) is 0 Å². The van der Waals surface area contributed by atoms with E-state index in [1.807, 2.05) is 19.1 Å². The van der Waals surface area contributed by atoms with Crippen molar-refractivity contribution in [2.75, 3.05) is 0 Å². The second kappa shape index (κ2) is 7.57. The lowest BCUT2D eigenvalue weighted by Crippen LogP contribution is -2.01. The van der Waals surface area contributed by atoms with Gasteiger partial charge < -0.3 is 4.52 Å². The van der Waals surface area contributed by atoms with E-state index in [2.05, 4.69) is 44.7 Å². The van der Waals surface area contributed by atoms with Gasteiger partial charge in [0.2, 0.25) is 11.0 Å². The van der Waals surface area contributed by atoms with E-state index in [-0.39, 0.29) is 5.25 Å². The number of thioether (sulfide) groups is 1. The van der Waals surface area contributed by atoms with Gasteiger partial charge in [-0.1, -0.05) is 42.4 Å². The van der Waals surface area contributed by atoms with E-state index in [9.17, 15) is 0 Å². The molecule has 1 aromatic carbocycles. The van der Waals surface area contributed by atoms with E-state index >= 15 is 0 Å². The summed E-state index contributed by atoms with van der Waals surface area (Å²) in [5.41, 5.74) is 2.27. The Morgan fingerprint density at radius 3 is 2.71 bits per heavy atom. The van der Waals surface area contributed by atoms with Crippen LogP contribution in [-0.2, 0) is 6.42 Å². The Balaban J connectivity index is 1.75. The highest BCUT2D eigenvalue weighted by Crippen LogP contribution is 2.33. The average molecular weight is 344 g/mol. The van der Waals surface area contributed by atoms with Gasteiger partial charge in [0, 0.05) is 0 Å². The first-order valence-corrected chi connectivity index (χ1v) is 8.90. The molecule has 0 amide bonds. The Morgan fingerprint density at radius 1 is 1.25 bits per heavy atom. The van der Waals surface area contributed by atoms with Crippen molar-refractivity contribution in [3.05, 3.63) is 41.5 Å². The van der Waals surface area contributed by atoms with Crippen LogP contribution in [0.25, 0.3) is 5.69 Å². The number of nitrogens with zero attached hydrogens (tertiary/aromatic N) is 6. The Kier molecular flexibility index (Phi) is 5.24. The maximum atomic E-state index is 5.21. The number of benzene rings is 1. The third-order valence-electron chi connectivity index (χ3n) is 3.61. The molecule has 0 fully saturated rings. The molecule has 7 nitrogen and oxygen atoms in total. The normalized spacial score (nSPS) is 12.5. The van der Waals surface area contributed by atoms with E-state index in [1.54, 1.807) is 11.6 Å². The summed E-state index contributed by atoms with van der Waals surface area (Å²) in [5.74, 6) is 1.20. The van der Waals surface area contributed by atoms with Crippen LogP contribution >= 0.6 is 11.8 Å². The number of unbranched alkanes of at least 4 members (excludes halogenated alkanes) is 1. The second-order valence-corrected chi connectivity index (χ2v) is 6.89. The highest BCUT2D eigenvalue weighted by Gasteiger charge is 2.19. The maximum Gasteiger partial charge on any atom is 0.239 e. The Bertz CT molecular complexity index is 782. The molecule has 2 heterocycles. The van der Waals surface area contributed by atoms with Crippen molar-refractivity contribution in [1.82, 2.24) is 30.3 Å². The van der Waals surface area contributed by atoms with Crippen LogP contribution in [0, 0.1) is 6.92 Å². The summed E-state index contributed by atoms with van der Waals surface area (Å²) in [6.07, 6.45) is 3.50. The minimum Gasteiger partial charge on any atom is -0.338 e. The zero-order chi connectivity index (χ0) is 16.9.